The van der Waals surface area contributed by atoms with Crippen LogP contribution in [0.25, 0.3) is 0 Å². The highest BCUT2D eigenvalue weighted by molar-refractivity contribution is 7.90. The summed E-state index contributed by atoms with van der Waals surface area (Å²) in [4.78, 5) is 4.23. The Kier molecular flexibility index (Phi) is 5.55. The molecule has 1 unspecified atom stereocenters. The molecule has 2 N–H and O–H groups in total. The first kappa shape index (κ1) is 14.9. The third kappa shape index (κ3) is 5.97. The minimum atomic E-state index is -2.98. The second-order valence-corrected chi connectivity index (χ2v) is 6.60. The fourth-order valence-electron chi connectivity index (χ4n) is 1.34. The molecule has 18 heavy (non-hydrogen) atoms. The molecule has 1 rings (SSSR count). The zero-order valence-corrected chi connectivity index (χ0v) is 11.6. The van der Waals surface area contributed by atoms with Crippen LogP contribution in [0.3, 0.4) is 0 Å². The van der Waals surface area contributed by atoms with E-state index >= 15 is 0 Å². The topological polar surface area (TPSA) is 82.3 Å². The number of hydrogen-bond donors (Lipinski definition) is 1. The Balaban J connectivity index is 2.45. The average Bonchev–Trinajstić information content (AvgIpc) is 2.29. The Hall–Kier alpha value is -1.14. The van der Waals surface area contributed by atoms with Crippen LogP contribution >= 0.6 is 0 Å². The largest absolute Gasteiger partial charge is 0.491 e. The number of nitrogens with two attached hydrogens (primary N) is 1. The molecule has 0 saturated heterocycles. The molecule has 0 radical (unpaired) electrons. The Morgan fingerprint density at radius 2 is 2.17 bits per heavy atom. The fourth-order valence-corrected chi connectivity index (χ4v) is 1.73. The van der Waals surface area contributed by atoms with Crippen LogP contribution in [0.15, 0.2) is 18.3 Å². The highest BCUT2D eigenvalue weighted by atomic mass is 32.2. The molecule has 0 amide bonds. The van der Waals surface area contributed by atoms with Crippen LogP contribution in [0, 0.1) is 0 Å². The Morgan fingerprint density at radius 3 is 2.67 bits per heavy atom. The van der Waals surface area contributed by atoms with E-state index in [0.717, 1.165) is 18.5 Å². The van der Waals surface area contributed by atoms with Gasteiger partial charge in [-0.15, -0.1) is 0 Å². The van der Waals surface area contributed by atoms with E-state index in [1.807, 2.05) is 13.0 Å². The molecule has 0 aliphatic rings. The lowest BCUT2D eigenvalue weighted by molar-refractivity contribution is 0.339. The van der Waals surface area contributed by atoms with Gasteiger partial charge in [0.25, 0.3) is 0 Å². The summed E-state index contributed by atoms with van der Waals surface area (Å²) in [6.45, 7) is 2.18. The van der Waals surface area contributed by atoms with Crippen LogP contribution in [0.5, 0.6) is 5.75 Å². The molecule has 0 fully saturated rings. The summed E-state index contributed by atoms with van der Waals surface area (Å²) in [6, 6.07) is 3.76. The molecule has 0 aromatic carbocycles. The van der Waals surface area contributed by atoms with E-state index in [1.54, 1.807) is 12.3 Å². The third-order valence-corrected chi connectivity index (χ3v) is 3.42. The maximum absolute atomic E-state index is 10.9. The molecule has 0 aliphatic heterocycles. The first-order chi connectivity index (χ1) is 8.40. The van der Waals surface area contributed by atoms with Crippen LogP contribution in [-0.4, -0.2) is 38.1 Å². The molecular formula is C12H20N2O3S. The van der Waals surface area contributed by atoms with Gasteiger partial charge < -0.3 is 10.5 Å². The normalized spacial score (nSPS) is 13.3. The van der Waals surface area contributed by atoms with E-state index in [0.29, 0.717) is 5.75 Å². The van der Waals surface area contributed by atoms with Crippen LogP contribution in [0.4, 0.5) is 0 Å². The van der Waals surface area contributed by atoms with Crippen molar-refractivity contribution in [2.75, 3.05) is 18.6 Å². The van der Waals surface area contributed by atoms with Gasteiger partial charge in [-0.1, -0.05) is 6.92 Å². The summed E-state index contributed by atoms with van der Waals surface area (Å²) in [7, 11) is -2.98. The molecular weight excluding hydrogens is 252 g/mol. The third-order valence-electron chi connectivity index (χ3n) is 2.52. The van der Waals surface area contributed by atoms with Crippen LogP contribution in [-0.2, 0) is 16.3 Å². The van der Waals surface area contributed by atoms with Gasteiger partial charge in [0, 0.05) is 24.4 Å². The highest BCUT2D eigenvalue weighted by Crippen LogP contribution is 2.10. The second-order valence-electron chi connectivity index (χ2n) is 4.34. The highest BCUT2D eigenvalue weighted by Gasteiger charge is 2.05. The number of aromatic nitrogens is 1. The zero-order valence-electron chi connectivity index (χ0n) is 10.8. The van der Waals surface area contributed by atoms with Crippen molar-refractivity contribution >= 4 is 9.84 Å². The standard InChI is InChI=1S/C12H20N2O3S/c1-3-10(13)8-11-4-5-12(9-14-11)17-6-7-18(2,15)16/h4-5,9-10H,3,6-8,13H2,1-2H3. The fraction of sp³-hybridized carbons (Fsp3) is 0.583. The van der Waals surface area contributed by atoms with Crippen molar-refractivity contribution in [1.82, 2.24) is 4.98 Å². The molecule has 1 aromatic heterocycles. The quantitative estimate of drug-likeness (QED) is 0.793. The van der Waals surface area contributed by atoms with Crippen molar-refractivity contribution in [3.8, 4) is 5.75 Å². The summed E-state index contributed by atoms with van der Waals surface area (Å²) < 4.78 is 27.1. The van der Waals surface area contributed by atoms with Crippen LogP contribution < -0.4 is 10.5 Å². The minimum absolute atomic E-state index is 0.00939. The summed E-state index contributed by atoms with van der Waals surface area (Å²) in [5.41, 5.74) is 6.75. The summed E-state index contributed by atoms with van der Waals surface area (Å²) in [5, 5.41) is 0. The number of hydrogen-bond acceptors (Lipinski definition) is 5. The number of nitrogens with zero attached hydrogens (tertiary/aromatic N) is 1. The van der Waals surface area contributed by atoms with E-state index in [-0.39, 0.29) is 18.4 Å². The van der Waals surface area contributed by atoms with E-state index in [2.05, 4.69) is 4.98 Å². The summed E-state index contributed by atoms with van der Waals surface area (Å²) in [6.07, 6.45) is 4.43. The van der Waals surface area contributed by atoms with Crippen molar-refractivity contribution in [3.63, 3.8) is 0 Å². The molecule has 5 nitrogen and oxygen atoms in total. The molecule has 0 bridgehead atoms. The van der Waals surface area contributed by atoms with Gasteiger partial charge in [0.05, 0.1) is 11.9 Å². The molecule has 0 saturated carbocycles. The maximum Gasteiger partial charge on any atom is 0.150 e. The van der Waals surface area contributed by atoms with Gasteiger partial charge in [-0.3, -0.25) is 4.98 Å². The SMILES string of the molecule is CCC(N)Cc1ccc(OCCS(C)(=O)=O)cn1. The van der Waals surface area contributed by atoms with Crippen molar-refractivity contribution in [1.29, 1.82) is 0 Å². The number of rotatable bonds is 7. The Labute approximate surface area is 108 Å². The van der Waals surface area contributed by atoms with E-state index in [1.165, 1.54) is 6.26 Å². The number of pyridine rings is 1. The van der Waals surface area contributed by atoms with E-state index in [9.17, 15) is 8.42 Å². The zero-order chi connectivity index (χ0) is 13.6. The van der Waals surface area contributed by atoms with Gasteiger partial charge >= 0.3 is 0 Å². The summed E-state index contributed by atoms with van der Waals surface area (Å²) >= 11 is 0. The van der Waals surface area contributed by atoms with Crippen molar-refractivity contribution in [3.05, 3.63) is 24.0 Å². The second kappa shape index (κ2) is 6.70. The molecule has 0 aliphatic carbocycles. The first-order valence-electron chi connectivity index (χ1n) is 5.91. The van der Waals surface area contributed by atoms with Gasteiger partial charge in [0.1, 0.15) is 12.4 Å². The van der Waals surface area contributed by atoms with Gasteiger partial charge in [0.15, 0.2) is 9.84 Å². The molecule has 6 heteroatoms. The van der Waals surface area contributed by atoms with Crippen LogP contribution in [0.2, 0.25) is 0 Å². The van der Waals surface area contributed by atoms with Crippen molar-refractivity contribution < 1.29 is 13.2 Å². The molecule has 1 aromatic rings. The maximum atomic E-state index is 10.9. The molecule has 0 spiro atoms. The Bertz CT molecular complexity index is 457. The van der Waals surface area contributed by atoms with Gasteiger partial charge in [-0.2, -0.15) is 0 Å². The van der Waals surface area contributed by atoms with Gasteiger partial charge in [0.2, 0.25) is 0 Å². The van der Waals surface area contributed by atoms with E-state index in [4.69, 9.17) is 10.5 Å². The number of sulfone groups is 1. The average molecular weight is 272 g/mol. The molecule has 102 valence electrons. The van der Waals surface area contributed by atoms with E-state index < -0.39 is 9.84 Å². The smallest absolute Gasteiger partial charge is 0.150 e. The minimum Gasteiger partial charge on any atom is -0.491 e. The van der Waals surface area contributed by atoms with Crippen molar-refractivity contribution in [2.24, 2.45) is 5.73 Å². The van der Waals surface area contributed by atoms with Gasteiger partial charge in [-0.05, 0) is 18.6 Å². The lowest BCUT2D eigenvalue weighted by Gasteiger charge is -2.09. The monoisotopic (exact) mass is 272 g/mol. The van der Waals surface area contributed by atoms with Crippen LogP contribution in [0.1, 0.15) is 19.0 Å². The predicted octanol–water partition coefficient (Wildman–Crippen LogP) is 0.785. The lowest BCUT2D eigenvalue weighted by Crippen LogP contribution is -2.21. The number of ether oxygens (including phenoxy) is 1. The summed E-state index contributed by atoms with van der Waals surface area (Å²) in [5.74, 6) is 0.586. The van der Waals surface area contributed by atoms with Crippen molar-refractivity contribution in [2.45, 2.75) is 25.8 Å². The first-order valence-corrected chi connectivity index (χ1v) is 7.98. The molecule has 1 atom stereocenters. The van der Waals surface area contributed by atoms with Gasteiger partial charge in [-0.25, -0.2) is 8.42 Å². The Morgan fingerprint density at radius 1 is 1.44 bits per heavy atom. The lowest BCUT2D eigenvalue weighted by atomic mass is 10.1. The molecule has 1 heterocycles. The predicted molar refractivity (Wildman–Crippen MR) is 71.4 cm³/mol.